The third-order valence-corrected chi connectivity index (χ3v) is 5.39. The highest BCUT2D eigenvalue weighted by Gasteiger charge is 2.35. The number of nitrogens with one attached hydrogen (secondary N) is 2. The molecule has 0 aromatic carbocycles. The average molecular weight is 368 g/mol. The van der Waals surface area contributed by atoms with Crippen molar-refractivity contribution in [3.63, 3.8) is 0 Å². The predicted molar refractivity (Wildman–Crippen MR) is 103 cm³/mol. The van der Waals surface area contributed by atoms with E-state index in [1.807, 2.05) is 24.4 Å². The highest BCUT2D eigenvalue weighted by molar-refractivity contribution is 5.92. The van der Waals surface area contributed by atoms with Gasteiger partial charge in [0.1, 0.15) is 5.69 Å². The van der Waals surface area contributed by atoms with Crippen molar-refractivity contribution in [3.05, 3.63) is 47.5 Å². The number of hydrogen-bond acceptors (Lipinski definition) is 5. The SMILES string of the molecule is CN(C)C[C@@H]1CN(Cc2ccccn2)C[C@H]1NC(=O)c1cc(C2CC2)[nH]n1. The maximum Gasteiger partial charge on any atom is 0.272 e. The van der Waals surface area contributed by atoms with Crippen LogP contribution in [0.5, 0.6) is 0 Å². The van der Waals surface area contributed by atoms with Gasteiger partial charge in [0.15, 0.2) is 0 Å². The molecule has 0 radical (unpaired) electrons. The number of likely N-dealkylation sites (tertiary alicyclic amines) is 1. The third-order valence-electron chi connectivity index (χ3n) is 5.39. The minimum absolute atomic E-state index is 0.0772. The Balaban J connectivity index is 1.40. The Labute approximate surface area is 160 Å². The fraction of sp³-hybridized carbons (Fsp3) is 0.550. The fourth-order valence-corrected chi connectivity index (χ4v) is 3.93. The molecule has 3 heterocycles. The molecule has 2 atom stereocenters. The molecule has 1 saturated heterocycles. The topological polar surface area (TPSA) is 77.1 Å². The Bertz CT molecular complexity index is 770. The molecular formula is C20H28N6O. The molecule has 2 aromatic rings. The van der Waals surface area contributed by atoms with Gasteiger partial charge in [-0.3, -0.25) is 19.8 Å². The van der Waals surface area contributed by atoms with E-state index >= 15 is 0 Å². The summed E-state index contributed by atoms with van der Waals surface area (Å²) in [6.45, 7) is 3.54. The fourth-order valence-electron chi connectivity index (χ4n) is 3.93. The van der Waals surface area contributed by atoms with Gasteiger partial charge in [-0.1, -0.05) is 6.07 Å². The lowest BCUT2D eigenvalue weighted by Gasteiger charge is -2.22. The standard InChI is InChI=1S/C20H28N6O/c1-25(2)10-15-11-26(12-16-5-3-4-8-21-16)13-19(15)22-20(27)18-9-17(23-24-18)14-6-7-14/h3-5,8-9,14-15,19H,6-7,10-13H2,1-2H3,(H,22,27)(H,23,24)/t15-,19-/m1/s1. The predicted octanol–water partition coefficient (Wildman–Crippen LogP) is 1.47. The van der Waals surface area contributed by atoms with Crippen molar-refractivity contribution in [2.75, 3.05) is 33.7 Å². The van der Waals surface area contributed by atoms with Crippen molar-refractivity contribution in [2.45, 2.75) is 31.3 Å². The first kappa shape index (κ1) is 18.1. The number of amides is 1. The maximum absolute atomic E-state index is 12.7. The first-order chi connectivity index (χ1) is 13.1. The van der Waals surface area contributed by atoms with Crippen LogP contribution in [0.2, 0.25) is 0 Å². The second-order valence-corrected chi connectivity index (χ2v) is 8.10. The Morgan fingerprint density at radius 3 is 2.89 bits per heavy atom. The van der Waals surface area contributed by atoms with Gasteiger partial charge >= 0.3 is 0 Å². The lowest BCUT2D eigenvalue weighted by molar-refractivity contribution is 0.0921. The Morgan fingerprint density at radius 2 is 2.19 bits per heavy atom. The first-order valence-corrected chi connectivity index (χ1v) is 9.71. The molecule has 2 fully saturated rings. The third kappa shape index (κ3) is 4.54. The van der Waals surface area contributed by atoms with Crippen LogP contribution in [0.3, 0.4) is 0 Å². The van der Waals surface area contributed by atoms with Crippen LogP contribution in [0, 0.1) is 5.92 Å². The molecule has 1 amide bonds. The molecule has 0 spiro atoms. The van der Waals surface area contributed by atoms with E-state index in [0.29, 0.717) is 17.5 Å². The Morgan fingerprint density at radius 1 is 1.33 bits per heavy atom. The van der Waals surface area contributed by atoms with Crippen LogP contribution in [0.15, 0.2) is 30.5 Å². The molecule has 2 aliphatic rings. The van der Waals surface area contributed by atoms with Crippen LogP contribution in [0.1, 0.15) is 40.6 Å². The number of carbonyl (C=O) groups is 1. The summed E-state index contributed by atoms with van der Waals surface area (Å²) < 4.78 is 0. The number of rotatable bonds is 7. The van der Waals surface area contributed by atoms with Gasteiger partial charge in [-0.15, -0.1) is 0 Å². The summed E-state index contributed by atoms with van der Waals surface area (Å²) in [5, 5.41) is 10.5. The number of hydrogen-bond donors (Lipinski definition) is 2. The summed E-state index contributed by atoms with van der Waals surface area (Å²) in [7, 11) is 4.16. The average Bonchev–Trinajstić information content (AvgIpc) is 3.26. The van der Waals surface area contributed by atoms with Gasteiger partial charge in [0.05, 0.1) is 5.69 Å². The molecule has 144 valence electrons. The van der Waals surface area contributed by atoms with Gasteiger partial charge in [-0.05, 0) is 45.1 Å². The van der Waals surface area contributed by atoms with Gasteiger partial charge in [0.25, 0.3) is 5.91 Å². The van der Waals surface area contributed by atoms with Crippen molar-refractivity contribution in [1.29, 1.82) is 0 Å². The highest BCUT2D eigenvalue weighted by Crippen LogP contribution is 2.39. The van der Waals surface area contributed by atoms with Crippen molar-refractivity contribution >= 4 is 5.91 Å². The van der Waals surface area contributed by atoms with E-state index in [9.17, 15) is 4.79 Å². The van der Waals surface area contributed by atoms with Gasteiger partial charge in [0, 0.05) is 55.9 Å². The van der Waals surface area contributed by atoms with Crippen LogP contribution in [0.25, 0.3) is 0 Å². The van der Waals surface area contributed by atoms with Crippen LogP contribution < -0.4 is 5.32 Å². The second-order valence-electron chi connectivity index (χ2n) is 8.10. The van der Waals surface area contributed by atoms with Crippen LogP contribution in [-0.4, -0.2) is 70.7 Å². The number of nitrogens with zero attached hydrogens (tertiary/aromatic N) is 4. The van der Waals surface area contributed by atoms with E-state index in [-0.39, 0.29) is 11.9 Å². The molecule has 7 heteroatoms. The molecule has 2 aromatic heterocycles. The molecular weight excluding hydrogens is 340 g/mol. The molecule has 7 nitrogen and oxygen atoms in total. The minimum atomic E-state index is -0.0772. The van der Waals surface area contributed by atoms with E-state index < -0.39 is 0 Å². The van der Waals surface area contributed by atoms with Gasteiger partial charge in [-0.25, -0.2) is 0 Å². The zero-order chi connectivity index (χ0) is 18.8. The zero-order valence-corrected chi connectivity index (χ0v) is 16.1. The highest BCUT2D eigenvalue weighted by atomic mass is 16.2. The van der Waals surface area contributed by atoms with Crippen LogP contribution in [-0.2, 0) is 6.54 Å². The molecule has 1 saturated carbocycles. The van der Waals surface area contributed by atoms with Crippen molar-refractivity contribution in [2.24, 2.45) is 5.92 Å². The van der Waals surface area contributed by atoms with Crippen molar-refractivity contribution in [3.8, 4) is 0 Å². The normalized spacial score (nSPS) is 23.1. The van der Waals surface area contributed by atoms with E-state index in [1.54, 1.807) is 0 Å². The molecule has 0 unspecified atom stereocenters. The number of pyridine rings is 1. The molecule has 4 rings (SSSR count). The van der Waals surface area contributed by atoms with Crippen LogP contribution in [0.4, 0.5) is 0 Å². The summed E-state index contributed by atoms with van der Waals surface area (Å²) in [5.41, 5.74) is 2.66. The zero-order valence-electron chi connectivity index (χ0n) is 16.1. The number of H-pyrrole nitrogens is 1. The quantitative estimate of drug-likeness (QED) is 0.774. The second kappa shape index (κ2) is 7.78. The van der Waals surface area contributed by atoms with E-state index in [2.05, 4.69) is 50.5 Å². The van der Waals surface area contributed by atoms with Crippen molar-refractivity contribution < 1.29 is 4.79 Å². The van der Waals surface area contributed by atoms with E-state index in [1.165, 1.54) is 12.8 Å². The van der Waals surface area contributed by atoms with E-state index in [0.717, 1.165) is 37.6 Å². The summed E-state index contributed by atoms with van der Waals surface area (Å²) >= 11 is 0. The summed E-state index contributed by atoms with van der Waals surface area (Å²) in [6.07, 6.45) is 4.22. The minimum Gasteiger partial charge on any atom is -0.346 e. The van der Waals surface area contributed by atoms with E-state index in [4.69, 9.17) is 0 Å². The smallest absolute Gasteiger partial charge is 0.272 e. The van der Waals surface area contributed by atoms with Gasteiger partial charge < -0.3 is 10.2 Å². The summed E-state index contributed by atoms with van der Waals surface area (Å²) in [6, 6.07) is 8.03. The first-order valence-electron chi connectivity index (χ1n) is 9.71. The molecule has 0 bridgehead atoms. The Hall–Kier alpha value is -2.25. The largest absolute Gasteiger partial charge is 0.346 e. The monoisotopic (exact) mass is 368 g/mol. The summed E-state index contributed by atoms with van der Waals surface area (Å²) in [4.78, 5) is 21.7. The van der Waals surface area contributed by atoms with Crippen LogP contribution >= 0.6 is 0 Å². The molecule has 27 heavy (non-hydrogen) atoms. The number of aromatic nitrogens is 3. The van der Waals surface area contributed by atoms with Crippen molar-refractivity contribution in [1.82, 2.24) is 30.3 Å². The number of carbonyl (C=O) groups excluding carboxylic acids is 1. The lowest BCUT2D eigenvalue weighted by atomic mass is 10.0. The molecule has 1 aliphatic carbocycles. The Kier molecular flexibility index (Phi) is 5.22. The van der Waals surface area contributed by atoms with Gasteiger partial charge in [0.2, 0.25) is 0 Å². The summed E-state index contributed by atoms with van der Waals surface area (Å²) in [5.74, 6) is 0.877. The maximum atomic E-state index is 12.7. The van der Waals surface area contributed by atoms with Gasteiger partial charge in [-0.2, -0.15) is 5.10 Å². The molecule has 2 N–H and O–H groups in total. The number of aromatic amines is 1. The lowest BCUT2D eigenvalue weighted by Crippen LogP contribution is -2.43. The molecule has 1 aliphatic heterocycles.